The topological polar surface area (TPSA) is 30.5 Å². The molecule has 0 aliphatic rings. The van der Waals surface area contributed by atoms with Gasteiger partial charge in [-0.25, -0.2) is 0 Å². The lowest BCUT2D eigenvalue weighted by Gasteiger charge is -2.13. The number of hydrogen-bond acceptors (Lipinski definition) is 3. The summed E-state index contributed by atoms with van der Waals surface area (Å²) in [5.74, 6) is 1.81. The molecule has 0 spiro atoms. The normalized spacial score (nSPS) is 12.2. The first-order valence-corrected chi connectivity index (χ1v) is 7.35. The van der Waals surface area contributed by atoms with Crippen LogP contribution in [-0.4, -0.2) is 25.8 Å². The van der Waals surface area contributed by atoms with Gasteiger partial charge in [0.1, 0.15) is 11.5 Å². The van der Waals surface area contributed by atoms with Gasteiger partial charge in [0.05, 0.1) is 13.2 Å². The first-order valence-electron chi connectivity index (χ1n) is 7.35. The van der Waals surface area contributed by atoms with Crippen molar-refractivity contribution < 1.29 is 9.47 Å². The van der Waals surface area contributed by atoms with Gasteiger partial charge in [0.25, 0.3) is 0 Å². The van der Waals surface area contributed by atoms with E-state index in [-0.39, 0.29) is 0 Å². The molecule has 0 aromatic heterocycles. The molecule has 1 N–H and O–H groups in total. The Morgan fingerprint density at radius 2 is 1.68 bits per heavy atom. The van der Waals surface area contributed by atoms with E-state index in [1.165, 1.54) is 6.42 Å². The zero-order valence-electron chi connectivity index (χ0n) is 12.4. The van der Waals surface area contributed by atoms with Crippen molar-refractivity contribution >= 4 is 0 Å². The molecule has 0 bridgehead atoms. The molecule has 108 valence electrons. The van der Waals surface area contributed by atoms with Gasteiger partial charge in [0.15, 0.2) is 0 Å². The molecule has 0 radical (unpaired) electrons. The van der Waals surface area contributed by atoms with E-state index in [1.54, 1.807) is 0 Å². The first-order chi connectivity index (χ1) is 9.26. The zero-order chi connectivity index (χ0) is 13.9. The second kappa shape index (κ2) is 9.68. The van der Waals surface area contributed by atoms with E-state index in [1.807, 2.05) is 31.2 Å². The third-order valence-corrected chi connectivity index (χ3v) is 2.93. The summed E-state index contributed by atoms with van der Waals surface area (Å²) in [6.07, 6.45) is 3.41. The van der Waals surface area contributed by atoms with Gasteiger partial charge in [-0.2, -0.15) is 0 Å². The molecule has 1 unspecified atom stereocenters. The van der Waals surface area contributed by atoms with Crippen molar-refractivity contribution in [2.45, 2.75) is 46.1 Å². The number of hydrogen-bond donors (Lipinski definition) is 1. The lowest BCUT2D eigenvalue weighted by molar-refractivity contribution is 0.296. The molecular formula is C16H27NO2. The van der Waals surface area contributed by atoms with Gasteiger partial charge in [0, 0.05) is 6.04 Å². The standard InChI is InChI=1S/C16H27NO2/c1-4-12-17-14(3)7-6-13-19-16-10-8-15(9-11-16)18-5-2/h8-11,14,17H,4-7,12-13H2,1-3H3. The maximum absolute atomic E-state index is 5.71. The molecular weight excluding hydrogens is 238 g/mol. The summed E-state index contributed by atoms with van der Waals surface area (Å²) >= 11 is 0. The van der Waals surface area contributed by atoms with E-state index in [0.717, 1.165) is 37.5 Å². The highest BCUT2D eigenvalue weighted by atomic mass is 16.5. The Balaban J connectivity index is 2.15. The fourth-order valence-electron chi connectivity index (χ4n) is 1.87. The largest absolute Gasteiger partial charge is 0.494 e. The summed E-state index contributed by atoms with van der Waals surface area (Å²) in [5.41, 5.74) is 0. The minimum Gasteiger partial charge on any atom is -0.494 e. The van der Waals surface area contributed by atoms with Crippen LogP contribution in [0.1, 0.15) is 40.0 Å². The Labute approximate surface area is 117 Å². The smallest absolute Gasteiger partial charge is 0.119 e. The molecule has 1 rings (SSSR count). The van der Waals surface area contributed by atoms with Crippen molar-refractivity contribution in [1.29, 1.82) is 0 Å². The van der Waals surface area contributed by atoms with E-state index in [9.17, 15) is 0 Å². The van der Waals surface area contributed by atoms with Gasteiger partial charge in [-0.1, -0.05) is 6.92 Å². The van der Waals surface area contributed by atoms with Gasteiger partial charge < -0.3 is 14.8 Å². The number of nitrogens with one attached hydrogen (secondary N) is 1. The van der Waals surface area contributed by atoms with Crippen LogP contribution < -0.4 is 14.8 Å². The van der Waals surface area contributed by atoms with Gasteiger partial charge in [-0.15, -0.1) is 0 Å². The van der Waals surface area contributed by atoms with Crippen LogP contribution in [0.25, 0.3) is 0 Å². The van der Waals surface area contributed by atoms with Gasteiger partial charge in [-0.3, -0.25) is 0 Å². The van der Waals surface area contributed by atoms with Crippen LogP contribution in [0.4, 0.5) is 0 Å². The second-order valence-corrected chi connectivity index (χ2v) is 4.75. The van der Waals surface area contributed by atoms with Crippen LogP contribution in [0.5, 0.6) is 11.5 Å². The van der Waals surface area contributed by atoms with Crippen LogP contribution >= 0.6 is 0 Å². The highest BCUT2D eigenvalue weighted by molar-refractivity contribution is 5.31. The van der Waals surface area contributed by atoms with E-state index in [4.69, 9.17) is 9.47 Å². The fourth-order valence-corrected chi connectivity index (χ4v) is 1.87. The maximum Gasteiger partial charge on any atom is 0.119 e. The first kappa shape index (κ1) is 15.8. The van der Waals surface area contributed by atoms with Crippen LogP contribution in [0.3, 0.4) is 0 Å². The number of ether oxygens (including phenoxy) is 2. The SMILES string of the molecule is CCCNC(C)CCCOc1ccc(OCC)cc1. The molecule has 3 heteroatoms. The Hall–Kier alpha value is -1.22. The van der Waals surface area contributed by atoms with Crippen molar-refractivity contribution in [3.8, 4) is 11.5 Å². The number of rotatable bonds is 10. The molecule has 0 aliphatic carbocycles. The molecule has 1 atom stereocenters. The summed E-state index contributed by atoms with van der Waals surface area (Å²) in [4.78, 5) is 0. The number of benzene rings is 1. The third kappa shape index (κ3) is 7.06. The van der Waals surface area contributed by atoms with Crippen molar-refractivity contribution in [3.63, 3.8) is 0 Å². The predicted octanol–water partition coefficient (Wildman–Crippen LogP) is 3.63. The van der Waals surface area contributed by atoms with Crippen LogP contribution in [0.15, 0.2) is 24.3 Å². The zero-order valence-corrected chi connectivity index (χ0v) is 12.4. The minimum absolute atomic E-state index is 0.573. The van der Waals surface area contributed by atoms with Gasteiger partial charge >= 0.3 is 0 Å². The molecule has 0 amide bonds. The van der Waals surface area contributed by atoms with Crippen molar-refractivity contribution in [1.82, 2.24) is 5.32 Å². The Bertz CT molecular complexity index is 324. The molecule has 3 nitrogen and oxygen atoms in total. The van der Waals surface area contributed by atoms with Gasteiger partial charge in [0.2, 0.25) is 0 Å². The molecule has 0 saturated heterocycles. The quantitative estimate of drug-likeness (QED) is 0.655. The summed E-state index contributed by atoms with van der Waals surface area (Å²) < 4.78 is 11.1. The highest BCUT2D eigenvalue weighted by Crippen LogP contribution is 2.17. The monoisotopic (exact) mass is 265 g/mol. The molecule has 1 aromatic rings. The maximum atomic E-state index is 5.71. The lowest BCUT2D eigenvalue weighted by Crippen LogP contribution is -2.26. The predicted molar refractivity (Wildman–Crippen MR) is 80.1 cm³/mol. The molecule has 0 fully saturated rings. The van der Waals surface area contributed by atoms with E-state index in [2.05, 4.69) is 19.2 Å². The lowest BCUT2D eigenvalue weighted by atomic mass is 10.2. The molecule has 1 aromatic carbocycles. The van der Waals surface area contributed by atoms with Crippen molar-refractivity contribution in [2.75, 3.05) is 19.8 Å². The Kier molecular flexibility index (Phi) is 8.07. The molecule has 0 saturated carbocycles. The average Bonchev–Trinajstić information content (AvgIpc) is 2.43. The highest BCUT2D eigenvalue weighted by Gasteiger charge is 2.00. The van der Waals surface area contributed by atoms with E-state index < -0.39 is 0 Å². The summed E-state index contributed by atoms with van der Waals surface area (Å²) in [6.45, 7) is 8.97. The van der Waals surface area contributed by atoms with E-state index in [0.29, 0.717) is 12.6 Å². The van der Waals surface area contributed by atoms with Crippen molar-refractivity contribution in [3.05, 3.63) is 24.3 Å². The van der Waals surface area contributed by atoms with Crippen molar-refractivity contribution in [2.24, 2.45) is 0 Å². The second-order valence-electron chi connectivity index (χ2n) is 4.75. The van der Waals surface area contributed by atoms with Gasteiger partial charge in [-0.05, 0) is 63.9 Å². The fraction of sp³-hybridized carbons (Fsp3) is 0.625. The average molecular weight is 265 g/mol. The third-order valence-electron chi connectivity index (χ3n) is 2.93. The molecule has 0 aliphatic heterocycles. The Morgan fingerprint density at radius 1 is 1.05 bits per heavy atom. The van der Waals surface area contributed by atoms with Crippen LogP contribution in [0, 0.1) is 0 Å². The summed E-state index contributed by atoms with van der Waals surface area (Å²) in [5, 5.41) is 3.48. The molecule has 19 heavy (non-hydrogen) atoms. The summed E-state index contributed by atoms with van der Waals surface area (Å²) in [6, 6.07) is 8.39. The minimum atomic E-state index is 0.573. The van der Waals surface area contributed by atoms with Crippen LogP contribution in [0.2, 0.25) is 0 Å². The summed E-state index contributed by atoms with van der Waals surface area (Å²) in [7, 11) is 0. The van der Waals surface area contributed by atoms with Crippen LogP contribution in [-0.2, 0) is 0 Å². The van der Waals surface area contributed by atoms with E-state index >= 15 is 0 Å². The Morgan fingerprint density at radius 3 is 2.26 bits per heavy atom. The molecule has 0 heterocycles.